The smallest absolute Gasteiger partial charge is 0.305 e. The number of rotatable bonds is 8. The van der Waals surface area contributed by atoms with Crippen molar-refractivity contribution in [3.8, 4) is 0 Å². The SMILES string of the molecule is CC(C)C(NC(=O)c1cc2ccccc2n1C)C(=O)N[C@@H](C=O)CC(=O)O. The van der Waals surface area contributed by atoms with Crippen molar-refractivity contribution in [1.82, 2.24) is 15.2 Å². The van der Waals surface area contributed by atoms with Crippen LogP contribution in [0.15, 0.2) is 30.3 Å². The second-order valence-corrected chi connectivity index (χ2v) is 6.69. The Labute approximate surface area is 156 Å². The van der Waals surface area contributed by atoms with Crippen LogP contribution in [0.1, 0.15) is 30.8 Å². The summed E-state index contributed by atoms with van der Waals surface area (Å²) in [6.45, 7) is 3.50. The first-order chi connectivity index (χ1) is 12.7. The number of hydrogen-bond donors (Lipinski definition) is 3. The average molecular weight is 373 g/mol. The molecule has 0 aliphatic carbocycles. The van der Waals surface area contributed by atoms with E-state index in [1.54, 1.807) is 31.5 Å². The van der Waals surface area contributed by atoms with Crippen molar-refractivity contribution >= 4 is 35.0 Å². The summed E-state index contributed by atoms with van der Waals surface area (Å²) in [6.07, 6.45) is -0.146. The molecule has 0 saturated carbocycles. The molecule has 0 radical (unpaired) electrons. The number of aliphatic carboxylic acids is 1. The number of carboxylic acid groups (broad SMARTS) is 1. The van der Waals surface area contributed by atoms with Gasteiger partial charge < -0.3 is 25.1 Å². The van der Waals surface area contributed by atoms with E-state index in [0.717, 1.165) is 10.9 Å². The second kappa shape index (κ2) is 8.48. The molecule has 0 saturated heterocycles. The Morgan fingerprint density at radius 2 is 1.85 bits per heavy atom. The topological polar surface area (TPSA) is 118 Å². The maximum absolute atomic E-state index is 12.7. The van der Waals surface area contributed by atoms with E-state index in [1.807, 2.05) is 24.3 Å². The van der Waals surface area contributed by atoms with E-state index in [-0.39, 0.29) is 5.92 Å². The number of aryl methyl sites for hydroxylation is 1. The van der Waals surface area contributed by atoms with Gasteiger partial charge in [0, 0.05) is 18.0 Å². The molecule has 1 aromatic carbocycles. The zero-order valence-electron chi connectivity index (χ0n) is 15.4. The number of fused-ring (bicyclic) bond motifs is 1. The van der Waals surface area contributed by atoms with Gasteiger partial charge >= 0.3 is 5.97 Å². The average Bonchev–Trinajstić information content (AvgIpc) is 2.95. The van der Waals surface area contributed by atoms with Crippen LogP contribution in [-0.4, -0.2) is 45.8 Å². The van der Waals surface area contributed by atoms with Crippen LogP contribution >= 0.6 is 0 Å². The van der Waals surface area contributed by atoms with Crippen LogP contribution in [0.2, 0.25) is 0 Å². The Kier molecular flexibility index (Phi) is 6.33. The van der Waals surface area contributed by atoms with E-state index in [4.69, 9.17) is 5.11 Å². The number of nitrogens with one attached hydrogen (secondary N) is 2. The number of aldehydes is 1. The van der Waals surface area contributed by atoms with Crippen LogP contribution in [0.5, 0.6) is 0 Å². The van der Waals surface area contributed by atoms with Gasteiger partial charge in [-0.15, -0.1) is 0 Å². The highest BCUT2D eigenvalue weighted by molar-refractivity contribution is 6.01. The van der Waals surface area contributed by atoms with E-state index >= 15 is 0 Å². The highest BCUT2D eigenvalue weighted by atomic mass is 16.4. The molecular formula is C19H23N3O5. The molecule has 27 heavy (non-hydrogen) atoms. The Hall–Kier alpha value is -3.16. The fourth-order valence-electron chi connectivity index (χ4n) is 2.85. The lowest BCUT2D eigenvalue weighted by molar-refractivity contribution is -0.139. The van der Waals surface area contributed by atoms with Gasteiger partial charge in [-0.3, -0.25) is 14.4 Å². The maximum atomic E-state index is 12.7. The summed E-state index contributed by atoms with van der Waals surface area (Å²) in [5.41, 5.74) is 1.28. The zero-order chi connectivity index (χ0) is 20.1. The van der Waals surface area contributed by atoms with Crippen LogP contribution in [0.3, 0.4) is 0 Å². The Morgan fingerprint density at radius 1 is 1.19 bits per heavy atom. The molecule has 8 heteroatoms. The number of para-hydroxylation sites is 1. The largest absolute Gasteiger partial charge is 0.481 e. The van der Waals surface area contributed by atoms with Crippen molar-refractivity contribution in [3.63, 3.8) is 0 Å². The van der Waals surface area contributed by atoms with Gasteiger partial charge in [-0.25, -0.2) is 0 Å². The van der Waals surface area contributed by atoms with Crippen LogP contribution < -0.4 is 10.6 Å². The molecule has 2 aromatic rings. The van der Waals surface area contributed by atoms with Gasteiger partial charge in [0.1, 0.15) is 18.0 Å². The van der Waals surface area contributed by atoms with E-state index in [1.165, 1.54) is 0 Å². The van der Waals surface area contributed by atoms with Gasteiger partial charge in [-0.2, -0.15) is 0 Å². The van der Waals surface area contributed by atoms with E-state index < -0.39 is 36.3 Å². The van der Waals surface area contributed by atoms with Crippen molar-refractivity contribution in [2.45, 2.75) is 32.4 Å². The van der Waals surface area contributed by atoms with Gasteiger partial charge in [-0.05, 0) is 18.1 Å². The molecular weight excluding hydrogens is 350 g/mol. The summed E-state index contributed by atoms with van der Waals surface area (Å²) in [4.78, 5) is 46.9. The van der Waals surface area contributed by atoms with Crippen LogP contribution in [0, 0.1) is 5.92 Å². The number of carbonyl (C=O) groups excluding carboxylic acids is 3. The molecule has 0 bridgehead atoms. The molecule has 3 N–H and O–H groups in total. The molecule has 0 fully saturated rings. The standard InChI is InChI=1S/C19H23N3O5/c1-11(2)17(19(27)20-13(10-23)9-16(24)25)21-18(26)15-8-12-6-4-5-7-14(12)22(15)3/h4-8,10-11,13,17H,9H2,1-3H3,(H,20,27)(H,21,26)(H,24,25)/t13-,17?/m1/s1. The molecule has 1 unspecified atom stereocenters. The summed E-state index contributed by atoms with van der Waals surface area (Å²) in [6, 6.07) is 7.20. The Bertz CT molecular complexity index is 871. The third-order valence-electron chi connectivity index (χ3n) is 4.31. The predicted octanol–water partition coefficient (Wildman–Crippen LogP) is 1.09. The molecule has 0 spiro atoms. The van der Waals surface area contributed by atoms with Crippen molar-refractivity contribution in [2.24, 2.45) is 13.0 Å². The number of carbonyl (C=O) groups is 4. The van der Waals surface area contributed by atoms with Crippen LogP contribution in [0.25, 0.3) is 10.9 Å². The maximum Gasteiger partial charge on any atom is 0.305 e. The fraction of sp³-hybridized carbons (Fsp3) is 0.368. The molecule has 1 aromatic heterocycles. The first kappa shape index (κ1) is 20.2. The minimum Gasteiger partial charge on any atom is -0.481 e. The number of benzene rings is 1. The van der Waals surface area contributed by atoms with E-state index in [2.05, 4.69) is 10.6 Å². The van der Waals surface area contributed by atoms with E-state index in [9.17, 15) is 19.2 Å². The quantitative estimate of drug-likeness (QED) is 0.599. The van der Waals surface area contributed by atoms with Crippen molar-refractivity contribution in [2.75, 3.05) is 0 Å². The molecule has 0 aliphatic heterocycles. The summed E-state index contributed by atoms with van der Waals surface area (Å²) >= 11 is 0. The summed E-state index contributed by atoms with van der Waals surface area (Å²) in [5, 5.41) is 14.7. The third kappa shape index (κ3) is 4.72. The lowest BCUT2D eigenvalue weighted by Gasteiger charge is -2.23. The molecule has 2 amide bonds. The predicted molar refractivity (Wildman–Crippen MR) is 99.3 cm³/mol. The summed E-state index contributed by atoms with van der Waals surface area (Å²) in [5.74, 6) is -2.49. The number of hydrogen-bond acceptors (Lipinski definition) is 4. The van der Waals surface area contributed by atoms with Gasteiger partial charge in [0.05, 0.1) is 12.5 Å². The third-order valence-corrected chi connectivity index (χ3v) is 4.31. The van der Waals surface area contributed by atoms with Crippen LogP contribution in [0.4, 0.5) is 0 Å². The summed E-state index contributed by atoms with van der Waals surface area (Å²) in [7, 11) is 1.76. The van der Waals surface area contributed by atoms with Gasteiger partial charge in [0.2, 0.25) is 5.91 Å². The van der Waals surface area contributed by atoms with E-state index in [0.29, 0.717) is 12.0 Å². The lowest BCUT2D eigenvalue weighted by Crippen LogP contribution is -2.53. The lowest BCUT2D eigenvalue weighted by atomic mass is 10.0. The number of aromatic nitrogens is 1. The summed E-state index contributed by atoms with van der Waals surface area (Å²) < 4.78 is 1.73. The van der Waals surface area contributed by atoms with Crippen molar-refractivity contribution < 1.29 is 24.3 Å². The highest BCUT2D eigenvalue weighted by Gasteiger charge is 2.28. The molecule has 144 valence electrons. The minimum atomic E-state index is -1.20. The minimum absolute atomic E-state index is 0.263. The second-order valence-electron chi connectivity index (χ2n) is 6.69. The normalized spacial score (nSPS) is 13.2. The zero-order valence-corrected chi connectivity index (χ0v) is 15.4. The molecule has 2 rings (SSSR count). The van der Waals surface area contributed by atoms with Gasteiger partial charge in [0.25, 0.3) is 5.91 Å². The molecule has 8 nitrogen and oxygen atoms in total. The van der Waals surface area contributed by atoms with Crippen molar-refractivity contribution in [1.29, 1.82) is 0 Å². The highest BCUT2D eigenvalue weighted by Crippen LogP contribution is 2.18. The first-order valence-corrected chi connectivity index (χ1v) is 8.57. The molecule has 2 atom stereocenters. The monoisotopic (exact) mass is 373 g/mol. The fourth-order valence-corrected chi connectivity index (χ4v) is 2.85. The number of nitrogens with zero attached hydrogens (tertiary/aromatic N) is 1. The number of carboxylic acids is 1. The van der Waals surface area contributed by atoms with Gasteiger partial charge in [0.15, 0.2) is 0 Å². The Morgan fingerprint density at radius 3 is 2.41 bits per heavy atom. The molecule has 0 aliphatic rings. The number of amides is 2. The van der Waals surface area contributed by atoms with Crippen LogP contribution in [-0.2, 0) is 21.4 Å². The van der Waals surface area contributed by atoms with Crippen molar-refractivity contribution in [3.05, 3.63) is 36.0 Å². The Balaban J connectivity index is 2.18. The van der Waals surface area contributed by atoms with Gasteiger partial charge in [-0.1, -0.05) is 32.0 Å². The molecule has 1 heterocycles. The first-order valence-electron chi connectivity index (χ1n) is 8.57.